The molecule has 7 rings (SSSR count). The van der Waals surface area contributed by atoms with Crippen LogP contribution in [0.4, 0.5) is 5.69 Å². The zero-order valence-corrected chi connectivity index (χ0v) is 19.7. The van der Waals surface area contributed by atoms with Gasteiger partial charge in [-0.15, -0.1) is 11.3 Å². The Morgan fingerprint density at radius 2 is 1.64 bits per heavy atom. The third-order valence-electron chi connectivity index (χ3n) is 6.96. The summed E-state index contributed by atoms with van der Waals surface area (Å²) in [6.45, 7) is 1.90. The molecule has 174 valence electrons. The fourth-order valence-corrected chi connectivity index (χ4v) is 6.49. The number of nitrogens with zero attached hydrogens (tertiary/aromatic N) is 1. The Bertz CT molecular complexity index is 1750. The number of para-hydroxylation sites is 1. The summed E-state index contributed by atoms with van der Waals surface area (Å²) in [6.07, 6.45) is 0. The van der Waals surface area contributed by atoms with Gasteiger partial charge in [-0.3, -0.25) is 14.4 Å². The first-order chi connectivity index (χ1) is 17.4. The fourth-order valence-electron chi connectivity index (χ4n) is 5.42. The van der Waals surface area contributed by atoms with E-state index in [0.717, 1.165) is 15.8 Å². The first-order valence-electron chi connectivity index (χ1n) is 11.3. The summed E-state index contributed by atoms with van der Waals surface area (Å²) in [5.74, 6) is -1.75. The minimum atomic E-state index is -1.70. The average Bonchev–Trinajstić information content (AvgIpc) is 3.42. The first-order valence-corrected chi connectivity index (χ1v) is 12.1. The number of carbonyl (C=O) groups excluding carboxylic acids is 3. The summed E-state index contributed by atoms with van der Waals surface area (Å²) in [6, 6.07) is 19.6. The van der Waals surface area contributed by atoms with E-state index < -0.39 is 22.9 Å². The lowest BCUT2D eigenvalue weighted by molar-refractivity contribution is -0.118. The van der Waals surface area contributed by atoms with Crippen LogP contribution in [-0.2, 0) is 14.9 Å². The quantitative estimate of drug-likeness (QED) is 0.406. The normalized spacial score (nSPS) is 20.4. The van der Waals surface area contributed by atoms with E-state index in [1.54, 1.807) is 30.3 Å². The highest BCUT2D eigenvalue weighted by Crippen LogP contribution is 2.57. The van der Waals surface area contributed by atoms with E-state index in [4.69, 9.17) is 15.5 Å². The summed E-state index contributed by atoms with van der Waals surface area (Å²) in [4.78, 5) is 46.6. The van der Waals surface area contributed by atoms with E-state index in [1.165, 1.54) is 11.3 Å². The van der Waals surface area contributed by atoms with Crippen molar-refractivity contribution in [2.24, 2.45) is 5.73 Å². The number of aromatic nitrogens is 1. The second kappa shape index (κ2) is 6.99. The number of hydrogen-bond donors (Lipinski definition) is 2. The van der Waals surface area contributed by atoms with Gasteiger partial charge in [0.1, 0.15) is 10.4 Å². The van der Waals surface area contributed by atoms with Crippen molar-refractivity contribution in [2.75, 3.05) is 5.32 Å². The lowest BCUT2D eigenvalue weighted by atomic mass is 9.64. The number of ketones is 2. The minimum absolute atomic E-state index is 0.0310. The molecule has 4 aromatic rings. The molecule has 0 saturated carbocycles. The van der Waals surface area contributed by atoms with Gasteiger partial charge in [0.15, 0.2) is 17.4 Å². The van der Waals surface area contributed by atoms with Crippen molar-refractivity contribution in [3.8, 4) is 0 Å². The van der Waals surface area contributed by atoms with E-state index in [9.17, 15) is 14.4 Å². The van der Waals surface area contributed by atoms with Gasteiger partial charge in [-0.1, -0.05) is 54.1 Å². The minimum Gasteiger partial charge on any atom is -0.437 e. The van der Waals surface area contributed by atoms with E-state index in [2.05, 4.69) is 5.32 Å². The molecule has 3 heterocycles. The van der Waals surface area contributed by atoms with Crippen molar-refractivity contribution in [1.29, 1.82) is 0 Å². The van der Waals surface area contributed by atoms with Crippen LogP contribution in [-0.4, -0.2) is 22.5 Å². The molecule has 2 aliphatic heterocycles. The topological polar surface area (TPSA) is 111 Å². The maximum atomic E-state index is 14.1. The highest BCUT2D eigenvalue weighted by Gasteiger charge is 2.62. The second-order valence-electron chi connectivity index (χ2n) is 8.99. The van der Waals surface area contributed by atoms with Gasteiger partial charge in [-0.05, 0) is 25.1 Å². The van der Waals surface area contributed by atoms with Crippen molar-refractivity contribution in [3.63, 3.8) is 0 Å². The molecule has 36 heavy (non-hydrogen) atoms. The number of anilines is 1. The van der Waals surface area contributed by atoms with Crippen LogP contribution in [0.1, 0.15) is 36.9 Å². The molecule has 3 aromatic carbocycles. The molecule has 3 N–H and O–H groups in total. The number of allylic oxidation sites excluding steroid dienone is 1. The van der Waals surface area contributed by atoms with Crippen LogP contribution in [0.2, 0.25) is 0 Å². The fraction of sp³-hybridized carbons (Fsp3) is 0.0714. The molecule has 0 fully saturated rings. The van der Waals surface area contributed by atoms with E-state index in [-0.39, 0.29) is 33.9 Å². The standard InChI is InChI=1S/C28H17N3O4S/c1-13-10-11-17-16(12-13)28(27(34)31-17)20-22(32)14-6-2-3-7-15(14)23(33)24(20)35-25(29)21(28)26-30-18-8-4-5-9-19(18)36-26/h2-12H,29H2,1H3,(H,31,34). The Balaban J connectivity index is 1.61. The smallest absolute Gasteiger partial charge is 0.244 e. The van der Waals surface area contributed by atoms with Gasteiger partial charge in [0.2, 0.25) is 11.7 Å². The van der Waals surface area contributed by atoms with Crippen molar-refractivity contribution in [1.82, 2.24) is 4.98 Å². The number of ether oxygens (including phenoxy) is 1. The predicted octanol–water partition coefficient (Wildman–Crippen LogP) is 4.49. The second-order valence-corrected chi connectivity index (χ2v) is 10.0. The Labute approximate surface area is 208 Å². The molecule has 0 saturated heterocycles. The highest BCUT2D eigenvalue weighted by molar-refractivity contribution is 7.19. The van der Waals surface area contributed by atoms with Crippen molar-refractivity contribution in [2.45, 2.75) is 12.3 Å². The lowest BCUT2D eigenvalue weighted by Gasteiger charge is -2.38. The van der Waals surface area contributed by atoms with Gasteiger partial charge >= 0.3 is 0 Å². The van der Waals surface area contributed by atoms with E-state index in [0.29, 0.717) is 16.3 Å². The summed E-state index contributed by atoms with van der Waals surface area (Å²) < 4.78 is 6.82. The Morgan fingerprint density at radius 1 is 0.917 bits per heavy atom. The van der Waals surface area contributed by atoms with Gasteiger partial charge in [0.25, 0.3) is 0 Å². The summed E-state index contributed by atoms with van der Waals surface area (Å²) in [5, 5.41) is 3.37. The number of fused-ring (bicyclic) bond motifs is 5. The first kappa shape index (κ1) is 20.8. The molecule has 1 spiro atoms. The van der Waals surface area contributed by atoms with Gasteiger partial charge < -0.3 is 15.8 Å². The number of hydrogen-bond acceptors (Lipinski definition) is 7. The number of rotatable bonds is 1. The number of nitrogens with one attached hydrogen (secondary N) is 1. The number of amides is 1. The Morgan fingerprint density at radius 3 is 2.42 bits per heavy atom. The summed E-state index contributed by atoms with van der Waals surface area (Å²) in [7, 11) is 0. The van der Waals surface area contributed by atoms with Crippen LogP contribution in [0.5, 0.6) is 0 Å². The number of nitrogens with two attached hydrogens (primary N) is 1. The van der Waals surface area contributed by atoms with Crippen LogP contribution in [0.25, 0.3) is 15.8 Å². The molecular weight excluding hydrogens is 474 g/mol. The number of carbonyl (C=O) groups is 3. The van der Waals surface area contributed by atoms with Gasteiger partial charge in [-0.2, -0.15) is 0 Å². The molecule has 8 heteroatoms. The third-order valence-corrected chi connectivity index (χ3v) is 8.01. The third kappa shape index (κ3) is 2.46. The maximum Gasteiger partial charge on any atom is 0.244 e. The van der Waals surface area contributed by atoms with E-state index >= 15 is 0 Å². The molecule has 7 nitrogen and oxygen atoms in total. The predicted molar refractivity (Wildman–Crippen MR) is 135 cm³/mol. The van der Waals surface area contributed by atoms with Gasteiger partial charge in [-0.25, -0.2) is 4.98 Å². The van der Waals surface area contributed by atoms with Gasteiger partial charge in [0, 0.05) is 22.4 Å². The molecule has 3 aliphatic rings. The average molecular weight is 492 g/mol. The zero-order valence-electron chi connectivity index (χ0n) is 18.9. The number of Topliss-reactive ketones (excluding diaryl/α,β-unsaturated/α-hetero) is 2. The van der Waals surface area contributed by atoms with Crippen LogP contribution in [0.3, 0.4) is 0 Å². The number of thiazole rings is 1. The monoisotopic (exact) mass is 491 g/mol. The molecule has 1 amide bonds. The number of aryl methyl sites for hydroxylation is 1. The molecule has 1 unspecified atom stereocenters. The summed E-state index contributed by atoms with van der Waals surface area (Å²) in [5.41, 5.74) is 8.21. The summed E-state index contributed by atoms with van der Waals surface area (Å²) >= 11 is 1.35. The van der Waals surface area contributed by atoms with Crippen LogP contribution < -0.4 is 11.1 Å². The molecule has 1 aromatic heterocycles. The molecule has 1 aliphatic carbocycles. The number of benzene rings is 3. The SMILES string of the molecule is Cc1ccc2c(c1)C1(C(=O)N2)C2=C(OC(N)=C1c1nc3ccccc3s1)C(=O)c1ccccc1C2=O. The molecule has 0 radical (unpaired) electrons. The van der Waals surface area contributed by atoms with Gasteiger partial charge in [0.05, 0.1) is 21.4 Å². The van der Waals surface area contributed by atoms with Crippen molar-refractivity contribution in [3.05, 3.63) is 111 Å². The Kier molecular flexibility index (Phi) is 4.03. The van der Waals surface area contributed by atoms with Crippen LogP contribution in [0.15, 0.2) is 83.9 Å². The zero-order chi connectivity index (χ0) is 24.8. The highest BCUT2D eigenvalue weighted by atomic mass is 32.1. The van der Waals surface area contributed by atoms with Crippen LogP contribution in [0, 0.1) is 6.92 Å². The molecule has 0 bridgehead atoms. The molecular formula is C28H17N3O4S. The molecule has 1 atom stereocenters. The van der Waals surface area contributed by atoms with E-state index in [1.807, 2.05) is 43.3 Å². The van der Waals surface area contributed by atoms with Crippen molar-refractivity contribution >= 4 is 50.3 Å². The Hall–Kier alpha value is -4.56. The lowest BCUT2D eigenvalue weighted by Crippen LogP contribution is -2.47. The van der Waals surface area contributed by atoms with Crippen molar-refractivity contribution < 1.29 is 19.1 Å². The van der Waals surface area contributed by atoms with Crippen LogP contribution >= 0.6 is 11.3 Å². The largest absolute Gasteiger partial charge is 0.437 e. The maximum absolute atomic E-state index is 14.1.